The van der Waals surface area contributed by atoms with Crippen molar-refractivity contribution in [1.29, 1.82) is 0 Å². The normalized spacial score (nSPS) is 33.1. The van der Waals surface area contributed by atoms with Gasteiger partial charge in [-0.05, 0) is 25.3 Å². The first-order valence-electron chi connectivity index (χ1n) is 6.75. The lowest BCUT2D eigenvalue weighted by Gasteiger charge is -2.23. The highest BCUT2D eigenvalue weighted by Crippen LogP contribution is 2.23. The van der Waals surface area contributed by atoms with E-state index in [9.17, 15) is 18.0 Å². The van der Waals surface area contributed by atoms with Gasteiger partial charge in [-0.1, -0.05) is 6.92 Å². The maximum absolute atomic E-state index is 11.9. The second kappa shape index (κ2) is 5.69. The Kier molecular flexibility index (Phi) is 4.33. The first kappa shape index (κ1) is 15.2. The van der Waals surface area contributed by atoms with E-state index in [2.05, 4.69) is 5.32 Å². The summed E-state index contributed by atoms with van der Waals surface area (Å²) in [6, 6.07) is -0.969. The summed E-state index contributed by atoms with van der Waals surface area (Å²) in [5, 5.41) is 11.9. The Balaban J connectivity index is 1.87. The summed E-state index contributed by atoms with van der Waals surface area (Å²) in [5.41, 5.74) is 0. The Morgan fingerprint density at radius 3 is 2.60 bits per heavy atom. The Morgan fingerprint density at radius 1 is 1.35 bits per heavy atom. The number of sulfone groups is 1. The SMILES string of the molecule is CC1CCN(CC(=O)NC2CCS(=O)(=O)C2)C1C(=O)O. The number of rotatable bonds is 4. The quantitative estimate of drug-likeness (QED) is 0.696. The molecule has 0 aromatic carbocycles. The fourth-order valence-corrected chi connectivity index (χ4v) is 4.64. The number of carboxylic acids is 1. The van der Waals surface area contributed by atoms with Crippen molar-refractivity contribution < 1.29 is 23.1 Å². The molecule has 3 unspecified atom stereocenters. The van der Waals surface area contributed by atoms with Crippen LogP contribution in [0.2, 0.25) is 0 Å². The Bertz CT molecular complexity index is 504. The fourth-order valence-electron chi connectivity index (χ4n) is 2.97. The molecule has 20 heavy (non-hydrogen) atoms. The molecule has 0 aromatic heterocycles. The summed E-state index contributed by atoms with van der Waals surface area (Å²) in [6.07, 6.45) is 1.19. The molecule has 114 valence electrons. The lowest BCUT2D eigenvalue weighted by atomic mass is 10.0. The lowest BCUT2D eigenvalue weighted by molar-refractivity contribution is -0.143. The monoisotopic (exact) mass is 304 g/mol. The number of carboxylic acid groups (broad SMARTS) is 1. The molecule has 0 aromatic rings. The summed E-state index contributed by atoms with van der Waals surface area (Å²) >= 11 is 0. The minimum Gasteiger partial charge on any atom is -0.480 e. The zero-order valence-corrected chi connectivity index (χ0v) is 12.2. The van der Waals surface area contributed by atoms with Gasteiger partial charge in [0.25, 0.3) is 0 Å². The summed E-state index contributed by atoms with van der Waals surface area (Å²) in [6.45, 7) is 2.45. The molecule has 2 aliphatic heterocycles. The minimum absolute atomic E-state index is 0.0118. The van der Waals surface area contributed by atoms with E-state index in [1.165, 1.54) is 0 Å². The van der Waals surface area contributed by atoms with Crippen LogP contribution in [0, 0.1) is 5.92 Å². The standard InChI is InChI=1S/C12H20N2O5S/c1-8-2-4-14(11(8)12(16)17)6-10(15)13-9-3-5-20(18,19)7-9/h8-9,11H,2-7H2,1H3,(H,13,15)(H,16,17). The molecule has 2 heterocycles. The second-order valence-electron chi connectivity index (χ2n) is 5.69. The number of nitrogens with one attached hydrogen (secondary N) is 1. The number of hydrogen-bond donors (Lipinski definition) is 2. The van der Waals surface area contributed by atoms with Crippen LogP contribution in [-0.2, 0) is 19.4 Å². The van der Waals surface area contributed by atoms with E-state index in [-0.39, 0.29) is 35.9 Å². The largest absolute Gasteiger partial charge is 0.480 e. The first-order valence-corrected chi connectivity index (χ1v) is 8.57. The van der Waals surface area contributed by atoms with Crippen LogP contribution in [-0.4, -0.2) is 67.0 Å². The smallest absolute Gasteiger partial charge is 0.321 e. The highest BCUT2D eigenvalue weighted by Gasteiger charge is 2.38. The minimum atomic E-state index is -3.02. The average Bonchev–Trinajstić information content (AvgIpc) is 2.82. The zero-order chi connectivity index (χ0) is 14.9. The van der Waals surface area contributed by atoms with Crippen LogP contribution in [0.3, 0.4) is 0 Å². The van der Waals surface area contributed by atoms with Gasteiger partial charge in [-0.15, -0.1) is 0 Å². The molecule has 0 bridgehead atoms. The van der Waals surface area contributed by atoms with Crippen molar-refractivity contribution in [3.05, 3.63) is 0 Å². The van der Waals surface area contributed by atoms with Crippen molar-refractivity contribution in [3.8, 4) is 0 Å². The number of likely N-dealkylation sites (tertiary alicyclic amines) is 1. The van der Waals surface area contributed by atoms with Crippen LogP contribution in [0.4, 0.5) is 0 Å². The van der Waals surface area contributed by atoms with Gasteiger partial charge >= 0.3 is 5.97 Å². The molecule has 0 spiro atoms. The number of carbonyl (C=O) groups is 2. The predicted octanol–water partition coefficient (Wildman–Crippen LogP) is -0.915. The van der Waals surface area contributed by atoms with Gasteiger partial charge in [-0.2, -0.15) is 0 Å². The van der Waals surface area contributed by atoms with Gasteiger partial charge in [0.1, 0.15) is 6.04 Å². The number of hydrogen-bond acceptors (Lipinski definition) is 5. The van der Waals surface area contributed by atoms with E-state index < -0.39 is 21.8 Å². The first-order chi connectivity index (χ1) is 9.28. The van der Waals surface area contributed by atoms with Gasteiger partial charge in [0, 0.05) is 6.04 Å². The summed E-state index contributed by atoms with van der Waals surface area (Å²) in [4.78, 5) is 24.7. The van der Waals surface area contributed by atoms with E-state index in [4.69, 9.17) is 5.11 Å². The number of carbonyl (C=O) groups excluding carboxylic acids is 1. The van der Waals surface area contributed by atoms with Gasteiger partial charge in [-0.3, -0.25) is 14.5 Å². The summed E-state index contributed by atoms with van der Waals surface area (Å²) in [5.74, 6) is -1.10. The lowest BCUT2D eigenvalue weighted by Crippen LogP contribution is -2.47. The van der Waals surface area contributed by atoms with Gasteiger partial charge in [0.05, 0.1) is 18.1 Å². The molecule has 8 heteroatoms. The molecule has 2 N–H and O–H groups in total. The Hall–Kier alpha value is -1.15. The van der Waals surface area contributed by atoms with Crippen molar-refractivity contribution in [2.45, 2.75) is 31.8 Å². The molecular formula is C12H20N2O5S. The van der Waals surface area contributed by atoms with Gasteiger partial charge < -0.3 is 10.4 Å². The molecular weight excluding hydrogens is 284 g/mol. The van der Waals surface area contributed by atoms with E-state index in [0.29, 0.717) is 13.0 Å². The molecule has 3 atom stereocenters. The Labute approximate surface area is 118 Å². The van der Waals surface area contributed by atoms with Crippen LogP contribution in [0.5, 0.6) is 0 Å². The van der Waals surface area contributed by atoms with Crippen molar-refractivity contribution in [2.24, 2.45) is 5.92 Å². The molecule has 7 nitrogen and oxygen atoms in total. The van der Waals surface area contributed by atoms with Crippen LogP contribution >= 0.6 is 0 Å². The topological polar surface area (TPSA) is 104 Å². The van der Waals surface area contributed by atoms with Crippen molar-refractivity contribution in [2.75, 3.05) is 24.6 Å². The van der Waals surface area contributed by atoms with E-state index in [1.807, 2.05) is 6.92 Å². The molecule has 2 saturated heterocycles. The van der Waals surface area contributed by atoms with Crippen LogP contribution in [0.25, 0.3) is 0 Å². The van der Waals surface area contributed by atoms with Crippen molar-refractivity contribution in [1.82, 2.24) is 10.2 Å². The van der Waals surface area contributed by atoms with E-state index in [0.717, 1.165) is 6.42 Å². The molecule has 2 aliphatic rings. The van der Waals surface area contributed by atoms with Crippen LogP contribution < -0.4 is 5.32 Å². The van der Waals surface area contributed by atoms with E-state index in [1.54, 1.807) is 4.90 Å². The zero-order valence-electron chi connectivity index (χ0n) is 11.4. The van der Waals surface area contributed by atoms with Crippen molar-refractivity contribution in [3.63, 3.8) is 0 Å². The third-order valence-electron chi connectivity index (χ3n) is 4.00. The maximum atomic E-state index is 11.9. The average molecular weight is 304 g/mol. The predicted molar refractivity (Wildman–Crippen MR) is 72.0 cm³/mol. The van der Waals surface area contributed by atoms with Crippen molar-refractivity contribution >= 4 is 21.7 Å². The van der Waals surface area contributed by atoms with Gasteiger partial charge in [-0.25, -0.2) is 8.42 Å². The molecule has 0 aliphatic carbocycles. The molecule has 0 saturated carbocycles. The molecule has 0 radical (unpaired) electrons. The molecule has 1 amide bonds. The molecule has 2 fully saturated rings. The number of amides is 1. The third kappa shape index (κ3) is 3.49. The van der Waals surface area contributed by atoms with Crippen LogP contribution in [0.15, 0.2) is 0 Å². The number of aliphatic carboxylic acids is 1. The number of nitrogens with zero attached hydrogens (tertiary/aromatic N) is 1. The highest BCUT2D eigenvalue weighted by molar-refractivity contribution is 7.91. The van der Waals surface area contributed by atoms with Gasteiger partial charge in [0.15, 0.2) is 9.84 Å². The highest BCUT2D eigenvalue weighted by atomic mass is 32.2. The van der Waals surface area contributed by atoms with E-state index >= 15 is 0 Å². The second-order valence-corrected chi connectivity index (χ2v) is 7.92. The molecule has 2 rings (SSSR count). The van der Waals surface area contributed by atoms with Crippen LogP contribution in [0.1, 0.15) is 19.8 Å². The van der Waals surface area contributed by atoms with Gasteiger partial charge in [0.2, 0.25) is 5.91 Å². The fraction of sp³-hybridized carbons (Fsp3) is 0.833. The maximum Gasteiger partial charge on any atom is 0.321 e. The Morgan fingerprint density at radius 2 is 2.05 bits per heavy atom. The summed E-state index contributed by atoms with van der Waals surface area (Å²) < 4.78 is 22.6. The summed E-state index contributed by atoms with van der Waals surface area (Å²) in [7, 11) is -3.02. The third-order valence-corrected chi connectivity index (χ3v) is 5.77.